The highest BCUT2D eigenvalue weighted by atomic mass is 16.3. The van der Waals surface area contributed by atoms with Crippen LogP contribution in [0.15, 0.2) is 30.5 Å². The SMILES string of the molecule is Cc1ccc(-c2cc(C(C)(C)C)cc(CN(C)C(C)(C)C)c2O)cn1. The van der Waals surface area contributed by atoms with Crippen LogP contribution < -0.4 is 0 Å². The smallest absolute Gasteiger partial charge is 0.127 e. The highest BCUT2D eigenvalue weighted by molar-refractivity contribution is 5.72. The molecule has 1 aromatic carbocycles. The van der Waals surface area contributed by atoms with Crippen molar-refractivity contribution in [1.29, 1.82) is 0 Å². The van der Waals surface area contributed by atoms with Crippen LogP contribution in [0.4, 0.5) is 0 Å². The van der Waals surface area contributed by atoms with Crippen LogP contribution in [0.2, 0.25) is 0 Å². The Morgan fingerprint density at radius 1 is 1.04 bits per heavy atom. The molecule has 0 spiro atoms. The van der Waals surface area contributed by atoms with Crippen LogP contribution in [0, 0.1) is 6.92 Å². The van der Waals surface area contributed by atoms with Crippen molar-refractivity contribution in [1.82, 2.24) is 9.88 Å². The molecule has 0 saturated carbocycles. The topological polar surface area (TPSA) is 36.4 Å². The molecule has 2 rings (SSSR count). The number of phenolic OH excluding ortho intramolecular Hbond substituents is 1. The van der Waals surface area contributed by atoms with Gasteiger partial charge in [-0.3, -0.25) is 9.88 Å². The normalized spacial score (nSPS) is 12.7. The van der Waals surface area contributed by atoms with E-state index < -0.39 is 0 Å². The molecule has 1 N–H and O–H groups in total. The first-order valence-electron chi connectivity index (χ1n) is 8.90. The first kappa shape index (κ1) is 19.5. The molecule has 0 radical (unpaired) electrons. The summed E-state index contributed by atoms with van der Waals surface area (Å²) in [5.74, 6) is 0.356. The zero-order valence-corrected chi connectivity index (χ0v) is 16.9. The molecule has 0 amide bonds. The molecule has 3 heteroatoms. The van der Waals surface area contributed by atoms with Gasteiger partial charge in [-0.2, -0.15) is 0 Å². The quantitative estimate of drug-likeness (QED) is 0.824. The van der Waals surface area contributed by atoms with E-state index in [1.807, 2.05) is 25.3 Å². The number of aryl methyl sites for hydroxylation is 1. The van der Waals surface area contributed by atoms with Gasteiger partial charge in [0.05, 0.1) is 0 Å². The molecule has 0 fully saturated rings. The minimum Gasteiger partial charge on any atom is -0.507 e. The molecule has 0 saturated heterocycles. The van der Waals surface area contributed by atoms with Gasteiger partial charge < -0.3 is 5.11 Å². The van der Waals surface area contributed by atoms with E-state index in [0.717, 1.165) is 22.4 Å². The van der Waals surface area contributed by atoms with Crippen molar-refractivity contribution in [3.05, 3.63) is 47.3 Å². The van der Waals surface area contributed by atoms with Gasteiger partial charge >= 0.3 is 0 Å². The lowest BCUT2D eigenvalue weighted by Gasteiger charge is -2.33. The molecule has 0 bridgehead atoms. The van der Waals surface area contributed by atoms with Crippen molar-refractivity contribution in [3.63, 3.8) is 0 Å². The third-order valence-electron chi connectivity index (χ3n) is 4.83. The predicted molar refractivity (Wildman–Crippen MR) is 106 cm³/mol. The molecule has 1 aromatic heterocycles. The molecular formula is C22H32N2O. The van der Waals surface area contributed by atoms with E-state index in [9.17, 15) is 5.11 Å². The average Bonchev–Trinajstić information content (AvgIpc) is 2.48. The summed E-state index contributed by atoms with van der Waals surface area (Å²) in [7, 11) is 2.09. The highest BCUT2D eigenvalue weighted by Crippen LogP contribution is 2.38. The number of aromatic nitrogens is 1. The van der Waals surface area contributed by atoms with E-state index in [1.165, 1.54) is 5.56 Å². The fourth-order valence-corrected chi connectivity index (χ4v) is 2.59. The first-order valence-corrected chi connectivity index (χ1v) is 8.90. The Labute approximate surface area is 152 Å². The van der Waals surface area contributed by atoms with Crippen LogP contribution in [0.3, 0.4) is 0 Å². The summed E-state index contributed by atoms with van der Waals surface area (Å²) in [6.45, 7) is 15.8. The standard InChI is InChI=1S/C22H32N2O/c1-15-9-10-16(13-23-15)19-12-18(21(2,3)4)11-17(20(19)25)14-24(8)22(5,6)7/h9-13,25H,14H2,1-8H3. The van der Waals surface area contributed by atoms with E-state index in [1.54, 1.807) is 0 Å². The number of hydrogen-bond acceptors (Lipinski definition) is 3. The lowest BCUT2D eigenvalue weighted by molar-refractivity contribution is 0.166. The molecule has 1 heterocycles. The predicted octanol–water partition coefficient (Wildman–Crippen LogP) is 5.29. The fraction of sp³-hybridized carbons (Fsp3) is 0.500. The maximum absolute atomic E-state index is 11.0. The Balaban J connectivity index is 2.59. The number of aromatic hydroxyl groups is 1. The molecule has 3 nitrogen and oxygen atoms in total. The monoisotopic (exact) mass is 340 g/mol. The second-order valence-corrected chi connectivity index (χ2v) is 9.00. The van der Waals surface area contributed by atoms with Gasteiger partial charge in [0.2, 0.25) is 0 Å². The van der Waals surface area contributed by atoms with Crippen molar-refractivity contribution in [2.45, 2.75) is 66.0 Å². The van der Waals surface area contributed by atoms with Crippen LogP contribution in [0.5, 0.6) is 5.75 Å². The molecule has 0 aliphatic carbocycles. The van der Waals surface area contributed by atoms with Crippen molar-refractivity contribution in [2.24, 2.45) is 0 Å². The third kappa shape index (κ3) is 4.60. The van der Waals surface area contributed by atoms with Gasteiger partial charge in [0.1, 0.15) is 5.75 Å². The number of hydrogen-bond donors (Lipinski definition) is 1. The maximum Gasteiger partial charge on any atom is 0.127 e. The number of nitrogens with zero attached hydrogens (tertiary/aromatic N) is 2. The average molecular weight is 341 g/mol. The fourth-order valence-electron chi connectivity index (χ4n) is 2.59. The lowest BCUT2D eigenvalue weighted by Crippen LogP contribution is -2.37. The summed E-state index contributed by atoms with van der Waals surface area (Å²) in [4.78, 5) is 6.65. The number of benzene rings is 1. The zero-order chi connectivity index (χ0) is 19.0. The minimum atomic E-state index is 0.00955. The van der Waals surface area contributed by atoms with Gasteiger partial charge in [0.25, 0.3) is 0 Å². The molecule has 0 aliphatic heterocycles. The molecule has 0 atom stereocenters. The van der Waals surface area contributed by atoms with Crippen LogP contribution in [0.25, 0.3) is 11.1 Å². The largest absolute Gasteiger partial charge is 0.507 e. The van der Waals surface area contributed by atoms with Gasteiger partial charge in [-0.1, -0.05) is 32.9 Å². The van der Waals surface area contributed by atoms with Crippen molar-refractivity contribution in [3.8, 4) is 16.9 Å². The Hall–Kier alpha value is -1.87. The van der Waals surface area contributed by atoms with Crippen LogP contribution >= 0.6 is 0 Å². The van der Waals surface area contributed by atoms with Gasteiger partial charge in [0, 0.05) is 40.7 Å². The van der Waals surface area contributed by atoms with E-state index in [2.05, 4.69) is 70.6 Å². The van der Waals surface area contributed by atoms with Crippen LogP contribution in [-0.2, 0) is 12.0 Å². The van der Waals surface area contributed by atoms with Gasteiger partial charge in [-0.15, -0.1) is 0 Å². The molecule has 2 aromatic rings. The third-order valence-corrected chi connectivity index (χ3v) is 4.83. The molecule has 0 unspecified atom stereocenters. The Morgan fingerprint density at radius 2 is 1.68 bits per heavy atom. The second-order valence-electron chi connectivity index (χ2n) is 9.00. The Morgan fingerprint density at radius 3 is 2.16 bits per heavy atom. The summed E-state index contributed by atoms with van der Waals surface area (Å²) in [6, 6.07) is 8.26. The van der Waals surface area contributed by atoms with E-state index >= 15 is 0 Å². The summed E-state index contributed by atoms with van der Waals surface area (Å²) >= 11 is 0. The highest BCUT2D eigenvalue weighted by Gasteiger charge is 2.23. The number of pyridine rings is 1. The van der Waals surface area contributed by atoms with Crippen molar-refractivity contribution >= 4 is 0 Å². The molecule has 136 valence electrons. The van der Waals surface area contributed by atoms with Gasteiger partial charge in [-0.05, 0) is 57.9 Å². The first-order chi connectivity index (χ1) is 11.4. The van der Waals surface area contributed by atoms with E-state index in [-0.39, 0.29) is 11.0 Å². The molecular weight excluding hydrogens is 308 g/mol. The lowest BCUT2D eigenvalue weighted by atomic mass is 9.83. The van der Waals surface area contributed by atoms with Gasteiger partial charge in [0.15, 0.2) is 0 Å². The number of rotatable bonds is 3. The Bertz CT molecular complexity index is 734. The van der Waals surface area contributed by atoms with E-state index in [4.69, 9.17) is 0 Å². The maximum atomic E-state index is 11.0. The van der Waals surface area contributed by atoms with Crippen molar-refractivity contribution in [2.75, 3.05) is 7.05 Å². The summed E-state index contributed by atoms with van der Waals surface area (Å²) in [6.07, 6.45) is 1.84. The van der Waals surface area contributed by atoms with Crippen LogP contribution in [0.1, 0.15) is 58.4 Å². The zero-order valence-electron chi connectivity index (χ0n) is 16.9. The molecule has 0 aliphatic rings. The minimum absolute atomic E-state index is 0.00955. The second kappa shape index (κ2) is 6.80. The van der Waals surface area contributed by atoms with Crippen LogP contribution in [-0.4, -0.2) is 27.6 Å². The summed E-state index contributed by atoms with van der Waals surface area (Å²) in [5.41, 5.74) is 5.01. The summed E-state index contributed by atoms with van der Waals surface area (Å²) < 4.78 is 0. The van der Waals surface area contributed by atoms with E-state index in [0.29, 0.717) is 12.3 Å². The number of phenols is 1. The molecule has 25 heavy (non-hydrogen) atoms. The Kier molecular flexibility index (Phi) is 5.29. The van der Waals surface area contributed by atoms with Crippen molar-refractivity contribution < 1.29 is 5.11 Å². The summed E-state index contributed by atoms with van der Waals surface area (Å²) in [5, 5.41) is 11.0. The van der Waals surface area contributed by atoms with Gasteiger partial charge in [-0.25, -0.2) is 0 Å².